The van der Waals surface area contributed by atoms with Crippen LogP contribution in [0.2, 0.25) is 0 Å². The Kier molecular flexibility index (Phi) is 3.33. The van der Waals surface area contributed by atoms with Crippen molar-refractivity contribution in [1.82, 2.24) is 9.55 Å². The van der Waals surface area contributed by atoms with Gasteiger partial charge in [0.1, 0.15) is 0 Å². The van der Waals surface area contributed by atoms with Crippen LogP contribution in [0, 0.1) is 10.2 Å². The molecule has 2 aromatic rings. The molecule has 18 heavy (non-hydrogen) atoms. The number of H-pyrrole nitrogens is 1. The highest BCUT2D eigenvalue weighted by Crippen LogP contribution is 2.24. The van der Waals surface area contributed by atoms with E-state index in [9.17, 15) is 4.79 Å². The normalized spacial score (nSPS) is 11.9. The van der Waals surface area contributed by atoms with Crippen molar-refractivity contribution in [3.05, 3.63) is 27.4 Å². The Labute approximate surface area is 118 Å². The van der Waals surface area contributed by atoms with Crippen molar-refractivity contribution in [3.8, 4) is 0 Å². The molecule has 6 heteroatoms. The number of carbonyl (C=O) groups is 1. The Bertz CT molecular complexity index is 672. The topological polar surface area (TPSA) is 63.8 Å². The summed E-state index contributed by atoms with van der Waals surface area (Å²) in [4.78, 5) is 14.5. The van der Waals surface area contributed by atoms with Crippen molar-refractivity contribution < 1.29 is 4.79 Å². The Morgan fingerprint density at radius 3 is 2.83 bits per heavy atom. The standard InChI is InChI=1S/C12H14BrN3OS/c1-12(2,10(14)17)6-16-9-4-3-7(13)5-8(9)15-11(16)18/h3-5H,6H2,1-2H3,(H2,14,17)(H,15,18). The summed E-state index contributed by atoms with van der Waals surface area (Å²) < 4.78 is 3.48. The van der Waals surface area contributed by atoms with Crippen LogP contribution in [-0.4, -0.2) is 15.5 Å². The molecule has 0 fully saturated rings. The number of benzene rings is 1. The Balaban J connectivity index is 2.55. The molecule has 96 valence electrons. The van der Waals surface area contributed by atoms with Gasteiger partial charge in [0.05, 0.1) is 16.4 Å². The molecule has 0 aliphatic heterocycles. The summed E-state index contributed by atoms with van der Waals surface area (Å²) in [7, 11) is 0. The van der Waals surface area contributed by atoms with Crippen molar-refractivity contribution in [2.75, 3.05) is 0 Å². The van der Waals surface area contributed by atoms with E-state index in [0.29, 0.717) is 11.3 Å². The molecule has 0 aliphatic carbocycles. The Morgan fingerprint density at radius 1 is 1.56 bits per heavy atom. The molecule has 0 spiro atoms. The number of primary amides is 1. The third-order valence-electron chi connectivity index (χ3n) is 2.96. The van der Waals surface area contributed by atoms with E-state index in [1.807, 2.05) is 36.6 Å². The highest BCUT2D eigenvalue weighted by molar-refractivity contribution is 9.10. The number of nitrogens with two attached hydrogens (primary N) is 1. The molecule has 0 atom stereocenters. The molecule has 0 bridgehead atoms. The van der Waals surface area contributed by atoms with E-state index >= 15 is 0 Å². The van der Waals surface area contributed by atoms with Crippen LogP contribution < -0.4 is 5.73 Å². The molecule has 0 saturated carbocycles. The first-order valence-corrected chi connectivity index (χ1v) is 6.69. The third-order valence-corrected chi connectivity index (χ3v) is 3.77. The quantitative estimate of drug-likeness (QED) is 0.851. The van der Waals surface area contributed by atoms with Crippen LogP contribution in [0.1, 0.15) is 13.8 Å². The van der Waals surface area contributed by atoms with E-state index in [4.69, 9.17) is 18.0 Å². The molecule has 4 nitrogen and oxygen atoms in total. The zero-order chi connectivity index (χ0) is 13.5. The first-order chi connectivity index (χ1) is 8.31. The summed E-state index contributed by atoms with van der Waals surface area (Å²) in [6.45, 7) is 4.09. The van der Waals surface area contributed by atoms with Crippen LogP contribution in [0.25, 0.3) is 11.0 Å². The van der Waals surface area contributed by atoms with Crippen molar-refractivity contribution in [2.45, 2.75) is 20.4 Å². The second kappa shape index (κ2) is 4.51. The summed E-state index contributed by atoms with van der Waals surface area (Å²) in [5.41, 5.74) is 6.67. The fourth-order valence-electron chi connectivity index (χ4n) is 1.77. The lowest BCUT2D eigenvalue weighted by atomic mass is 9.92. The number of carbonyl (C=O) groups excluding carboxylic acids is 1. The van der Waals surface area contributed by atoms with Crippen LogP contribution in [0.3, 0.4) is 0 Å². The van der Waals surface area contributed by atoms with E-state index in [0.717, 1.165) is 15.5 Å². The molecule has 1 aromatic heterocycles. The number of amides is 1. The number of aromatic amines is 1. The molecule has 0 aliphatic rings. The maximum atomic E-state index is 11.4. The van der Waals surface area contributed by atoms with Crippen molar-refractivity contribution in [3.63, 3.8) is 0 Å². The van der Waals surface area contributed by atoms with Crippen molar-refractivity contribution in [2.24, 2.45) is 11.1 Å². The number of rotatable bonds is 3. The highest BCUT2D eigenvalue weighted by Gasteiger charge is 2.26. The zero-order valence-electron chi connectivity index (χ0n) is 10.2. The number of nitrogens with zero attached hydrogens (tertiary/aromatic N) is 1. The van der Waals surface area contributed by atoms with Gasteiger partial charge in [0.15, 0.2) is 4.77 Å². The summed E-state index contributed by atoms with van der Waals surface area (Å²) in [6, 6.07) is 5.86. The minimum Gasteiger partial charge on any atom is -0.369 e. The summed E-state index contributed by atoms with van der Waals surface area (Å²) in [5.74, 6) is -0.337. The number of aromatic nitrogens is 2. The van der Waals surface area contributed by atoms with Gasteiger partial charge in [0.25, 0.3) is 0 Å². The Hall–Kier alpha value is -1.14. The van der Waals surface area contributed by atoms with Crippen LogP contribution >= 0.6 is 28.1 Å². The maximum Gasteiger partial charge on any atom is 0.224 e. The van der Waals surface area contributed by atoms with Crippen LogP contribution in [0.5, 0.6) is 0 Å². The molecule has 2 rings (SSSR count). The van der Waals surface area contributed by atoms with Crippen LogP contribution in [0.15, 0.2) is 22.7 Å². The molecule has 0 radical (unpaired) electrons. The monoisotopic (exact) mass is 327 g/mol. The van der Waals surface area contributed by atoms with Gasteiger partial charge < -0.3 is 15.3 Å². The van der Waals surface area contributed by atoms with Gasteiger partial charge in [-0.15, -0.1) is 0 Å². The molecular weight excluding hydrogens is 314 g/mol. The van der Waals surface area contributed by atoms with Gasteiger partial charge >= 0.3 is 0 Å². The molecular formula is C12H14BrN3OS. The minimum atomic E-state index is -0.638. The fraction of sp³-hybridized carbons (Fsp3) is 0.333. The lowest BCUT2D eigenvalue weighted by molar-refractivity contribution is -0.126. The van der Waals surface area contributed by atoms with E-state index in [2.05, 4.69) is 20.9 Å². The Morgan fingerprint density at radius 2 is 2.22 bits per heavy atom. The number of imidazole rings is 1. The average molecular weight is 328 g/mol. The van der Waals surface area contributed by atoms with Gasteiger partial charge in [0.2, 0.25) is 5.91 Å². The fourth-order valence-corrected chi connectivity index (χ4v) is 2.40. The highest BCUT2D eigenvalue weighted by atomic mass is 79.9. The van der Waals surface area contributed by atoms with Gasteiger partial charge in [-0.3, -0.25) is 4.79 Å². The van der Waals surface area contributed by atoms with Gasteiger partial charge in [0, 0.05) is 11.0 Å². The van der Waals surface area contributed by atoms with Crippen LogP contribution in [-0.2, 0) is 11.3 Å². The predicted octanol–water partition coefficient (Wildman–Crippen LogP) is 2.97. The lowest BCUT2D eigenvalue weighted by Crippen LogP contribution is -2.35. The largest absolute Gasteiger partial charge is 0.369 e. The van der Waals surface area contributed by atoms with Gasteiger partial charge in [-0.05, 0) is 44.3 Å². The number of fused-ring (bicyclic) bond motifs is 1. The molecule has 1 aromatic carbocycles. The first-order valence-electron chi connectivity index (χ1n) is 5.49. The van der Waals surface area contributed by atoms with Gasteiger partial charge in [-0.1, -0.05) is 15.9 Å². The number of nitrogens with one attached hydrogen (secondary N) is 1. The zero-order valence-corrected chi connectivity index (χ0v) is 12.6. The molecule has 3 N–H and O–H groups in total. The third kappa shape index (κ3) is 2.35. The predicted molar refractivity (Wildman–Crippen MR) is 77.8 cm³/mol. The summed E-state index contributed by atoms with van der Waals surface area (Å²) in [6.07, 6.45) is 0. The summed E-state index contributed by atoms with van der Waals surface area (Å²) in [5, 5.41) is 0. The molecule has 0 saturated heterocycles. The lowest BCUT2D eigenvalue weighted by Gasteiger charge is -2.21. The number of halogens is 1. The second-order valence-corrected chi connectivity index (χ2v) is 6.23. The number of hydrogen-bond acceptors (Lipinski definition) is 2. The van der Waals surface area contributed by atoms with Crippen LogP contribution in [0.4, 0.5) is 0 Å². The van der Waals surface area contributed by atoms with Crippen molar-refractivity contribution in [1.29, 1.82) is 0 Å². The van der Waals surface area contributed by atoms with E-state index in [-0.39, 0.29) is 5.91 Å². The van der Waals surface area contributed by atoms with Crippen molar-refractivity contribution >= 4 is 45.1 Å². The van der Waals surface area contributed by atoms with Gasteiger partial charge in [-0.2, -0.15) is 0 Å². The smallest absolute Gasteiger partial charge is 0.224 e. The van der Waals surface area contributed by atoms with E-state index in [1.165, 1.54) is 0 Å². The minimum absolute atomic E-state index is 0.337. The van der Waals surface area contributed by atoms with E-state index in [1.54, 1.807) is 0 Å². The SMILES string of the molecule is CC(C)(Cn1c(=S)[nH]c2cc(Br)ccc21)C(N)=O. The number of hydrogen-bond donors (Lipinski definition) is 2. The summed E-state index contributed by atoms with van der Waals surface area (Å²) >= 11 is 8.70. The molecule has 1 amide bonds. The molecule has 1 heterocycles. The molecule has 0 unspecified atom stereocenters. The second-order valence-electron chi connectivity index (χ2n) is 4.93. The van der Waals surface area contributed by atoms with Gasteiger partial charge in [-0.25, -0.2) is 0 Å². The first kappa shape index (κ1) is 13.3. The maximum absolute atomic E-state index is 11.4. The van der Waals surface area contributed by atoms with E-state index < -0.39 is 5.41 Å². The average Bonchev–Trinajstić information content (AvgIpc) is 2.54.